The molecule has 7 rings (SSSR count). The molecule has 2 aromatic carbocycles. The van der Waals surface area contributed by atoms with E-state index in [1.54, 1.807) is 58.9 Å². The number of anilines is 1. The van der Waals surface area contributed by atoms with E-state index in [-0.39, 0.29) is 95.4 Å². The number of allylic oxidation sites excluding steroid dienone is 2. The molecule has 27 nitrogen and oxygen atoms in total. The van der Waals surface area contributed by atoms with Gasteiger partial charge >= 0.3 is 11.9 Å². The fraction of sp³-hybridized carbons (Fsp3) is 0.358. The number of thiazole rings is 1. The van der Waals surface area contributed by atoms with E-state index in [1.807, 2.05) is 6.92 Å². The Morgan fingerprint density at radius 2 is 1.57 bits per heavy atom. The highest BCUT2D eigenvalue weighted by atomic mass is 32.1. The number of amides is 7. The number of hydrogen-bond donors (Lipinski definition) is 5. The number of benzene rings is 2. The van der Waals surface area contributed by atoms with Gasteiger partial charge in [0.05, 0.1) is 53.9 Å². The molecule has 7 amide bonds. The van der Waals surface area contributed by atoms with E-state index in [2.05, 4.69) is 30.7 Å². The number of primary amides is 2. The fourth-order valence-corrected chi connectivity index (χ4v) is 9.72. The molecule has 0 fully saturated rings. The first-order valence-corrected chi connectivity index (χ1v) is 26.2. The molecule has 426 valence electrons. The number of rotatable bonds is 27. The zero-order chi connectivity index (χ0) is 58.8. The molecule has 6 aromatic rings. The normalized spacial score (nSPS) is 13.3. The zero-order valence-corrected chi connectivity index (χ0v) is 45.7. The predicted molar refractivity (Wildman–Crippen MR) is 288 cm³/mol. The van der Waals surface area contributed by atoms with Crippen LogP contribution in [0.15, 0.2) is 64.0 Å². The van der Waals surface area contributed by atoms with E-state index in [0.29, 0.717) is 45.0 Å². The van der Waals surface area contributed by atoms with Crippen molar-refractivity contribution in [1.29, 1.82) is 0 Å². The number of nitrogens with one attached hydrogen (secondary N) is 2. The number of carbonyl (C=O) groups excluding carboxylic acids is 9. The molecule has 5 heterocycles. The van der Waals surface area contributed by atoms with Crippen LogP contribution < -0.4 is 36.4 Å². The third kappa shape index (κ3) is 14.0. The van der Waals surface area contributed by atoms with Gasteiger partial charge in [-0.05, 0) is 57.0 Å². The predicted octanol–water partition coefficient (Wildman–Crippen LogP) is 3.07. The molecule has 28 heteroatoms. The second-order valence-corrected chi connectivity index (χ2v) is 19.4. The monoisotopic (exact) mass is 1130 g/mol. The van der Waals surface area contributed by atoms with E-state index >= 15 is 0 Å². The van der Waals surface area contributed by atoms with Crippen molar-refractivity contribution < 1.29 is 71.7 Å². The molecule has 0 spiro atoms. The number of nitrogens with zero attached hydrogens (tertiary/aromatic N) is 8. The summed E-state index contributed by atoms with van der Waals surface area (Å²) < 4.78 is 28.5. The highest BCUT2D eigenvalue weighted by Crippen LogP contribution is 2.33. The van der Waals surface area contributed by atoms with Gasteiger partial charge in [0.15, 0.2) is 16.5 Å². The number of nitrogens with two attached hydrogens (primary N) is 2. The number of esters is 1. The average molecular weight is 1140 g/mol. The van der Waals surface area contributed by atoms with Crippen LogP contribution >= 0.6 is 11.3 Å². The van der Waals surface area contributed by atoms with Crippen LogP contribution in [0.2, 0.25) is 0 Å². The van der Waals surface area contributed by atoms with Crippen LogP contribution in [0, 0.1) is 19.8 Å². The summed E-state index contributed by atoms with van der Waals surface area (Å²) in [5.41, 5.74) is 13.9. The summed E-state index contributed by atoms with van der Waals surface area (Å²) >= 11 is 1.13. The number of Topliss-reactive ketones (excluding diaryl/α,β-unsaturated/α-hetero) is 1. The van der Waals surface area contributed by atoms with Crippen molar-refractivity contribution in [2.45, 2.75) is 92.4 Å². The van der Waals surface area contributed by atoms with Crippen molar-refractivity contribution in [3.63, 3.8) is 0 Å². The number of imidazole rings is 1. The third-order valence-electron chi connectivity index (χ3n) is 12.5. The highest BCUT2D eigenvalue weighted by Gasteiger charge is 2.31. The van der Waals surface area contributed by atoms with Crippen LogP contribution in [-0.2, 0) is 59.6 Å². The van der Waals surface area contributed by atoms with Crippen LogP contribution in [-0.4, -0.2) is 131 Å². The molecule has 4 aromatic heterocycles. The number of aromatic nitrogens is 6. The molecule has 1 aliphatic heterocycles. The van der Waals surface area contributed by atoms with E-state index in [1.165, 1.54) is 32.2 Å². The molecule has 0 saturated heterocycles. The number of ether oxygens (including phenoxy) is 3. The maximum absolute atomic E-state index is 13.9. The first kappa shape index (κ1) is 59.1. The number of methoxy groups -OCH3 is 1. The lowest BCUT2D eigenvalue weighted by Gasteiger charge is -2.20. The number of carbonyl (C=O) groups is 10. The number of hydrogen-bond acceptors (Lipinski definition) is 18. The largest absolute Gasteiger partial charge is 0.494 e. The zero-order valence-electron chi connectivity index (χ0n) is 44.9. The topological polar surface area (TPSA) is 377 Å². The van der Waals surface area contributed by atoms with Crippen molar-refractivity contribution >= 4 is 97.6 Å². The van der Waals surface area contributed by atoms with Crippen LogP contribution in [0.4, 0.5) is 5.95 Å². The second kappa shape index (κ2) is 25.9. The number of carboxylic acids is 1. The van der Waals surface area contributed by atoms with Gasteiger partial charge in [0.1, 0.15) is 34.8 Å². The highest BCUT2D eigenvalue weighted by molar-refractivity contribution is 7.16. The van der Waals surface area contributed by atoms with E-state index in [9.17, 15) is 53.1 Å². The number of imide groups is 1. The summed E-state index contributed by atoms with van der Waals surface area (Å²) in [6.07, 6.45) is 4.62. The van der Waals surface area contributed by atoms with Crippen molar-refractivity contribution in [3.8, 4) is 11.5 Å². The third-order valence-corrected chi connectivity index (χ3v) is 13.6. The van der Waals surface area contributed by atoms with Gasteiger partial charge < -0.3 is 49.7 Å². The van der Waals surface area contributed by atoms with Gasteiger partial charge in [-0.3, -0.25) is 62.8 Å². The van der Waals surface area contributed by atoms with Crippen LogP contribution in [0.3, 0.4) is 0 Å². The summed E-state index contributed by atoms with van der Waals surface area (Å²) in [5.74, 6) is -8.29. The molecular formula is C53H58N12O15S. The maximum atomic E-state index is 13.9. The Morgan fingerprint density at radius 3 is 2.22 bits per heavy atom. The minimum absolute atomic E-state index is 0.00282. The summed E-state index contributed by atoms with van der Waals surface area (Å²) in [4.78, 5) is 142. The SMILES string of the molecule is CCc1nc(C)oc1C(=O)Nc1nc2cc(C(N)=O)cc(OCCCOC(=O)[C@H](C)CC(=O)[C@H](CCC(=O)O)NC(=O)CN3C(=O)C=CC3=O)c2n1C/C=C/Cn1c(=NC(=O)c2cc(C)nn2CC)sc2cc(C(N)=O)cc(OC)c21. The van der Waals surface area contributed by atoms with Gasteiger partial charge in [0.2, 0.25) is 29.4 Å². The summed E-state index contributed by atoms with van der Waals surface area (Å²) in [5, 5.41) is 18.8. The first-order chi connectivity index (χ1) is 38.6. The lowest BCUT2D eigenvalue weighted by atomic mass is 9.97. The molecule has 0 aliphatic carbocycles. The van der Waals surface area contributed by atoms with E-state index < -0.39 is 90.4 Å². The Labute approximate surface area is 464 Å². The Hall–Kier alpha value is -9.60. The molecule has 0 unspecified atom stereocenters. The van der Waals surface area contributed by atoms with Crippen LogP contribution in [0.25, 0.3) is 21.3 Å². The van der Waals surface area contributed by atoms with Gasteiger partial charge in [0.25, 0.3) is 23.6 Å². The molecule has 0 radical (unpaired) electrons. The van der Waals surface area contributed by atoms with Gasteiger partial charge in [0, 0.05) is 69.1 Å². The van der Waals surface area contributed by atoms with Gasteiger partial charge in [-0.1, -0.05) is 37.3 Å². The molecule has 1 aliphatic rings. The van der Waals surface area contributed by atoms with Gasteiger partial charge in [-0.25, -0.2) is 9.97 Å². The molecule has 0 bridgehead atoms. The van der Waals surface area contributed by atoms with Crippen LogP contribution in [0.5, 0.6) is 11.5 Å². The molecule has 81 heavy (non-hydrogen) atoms. The van der Waals surface area contributed by atoms with Crippen molar-refractivity contribution in [1.82, 2.24) is 39.1 Å². The van der Waals surface area contributed by atoms with Crippen LogP contribution in [0.1, 0.15) is 105 Å². The Kier molecular flexibility index (Phi) is 18.9. The first-order valence-electron chi connectivity index (χ1n) is 25.4. The molecule has 0 saturated carbocycles. The summed E-state index contributed by atoms with van der Waals surface area (Å²) in [7, 11) is 1.43. The van der Waals surface area contributed by atoms with Crippen molar-refractivity contribution in [3.05, 3.63) is 99.3 Å². The Balaban J connectivity index is 1.13. The molecular weight excluding hydrogens is 1080 g/mol. The quantitative estimate of drug-likeness (QED) is 0.0214. The smallest absolute Gasteiger partial charge is 0.309 e. The fourth-order valence-electron chi connectivity index (χ4n) is 8.62. The Morgan fingerprint density at radius 1 is 0.889 bits per heavy atom. The van der Waals surface area contributed by atoms with Crippen molar-refractivity contribution in [2.75, 3.05) is 32.2 Å². The van der Waals surface area contributed by atoms with E-state index in [4.69, 9.17) is 30.1 Å². The number of oxazole rings is 1. The number of aryl methyl sites for hydroxylation is 4. The second-order valence-electron chi connectivity index (χ2n) is 18.4. The summed E-state index contributed by atoms with van der Waals surface area (Å²) in [6.45, 7) is 7.87. The van der Waals surface area contributed by atoms with Gasteiger partial charge in [-0.2, -0.15) is 10.1 Å². The number of fused-ring (bicyclic) bond motifs is 2. The lowest BCUT2D eigenvalue weighted by molar-refractivity contribution is -0.150. The number of ketones is 1. The summed E-state index contributed by atoms with van der Waals surface area (Å²) in [6, 6.07) is 6.16. The van der Waals surface area contributed by atoms with E-state index in [0.717, 1.165) is 23.5 Å². The molecule has 7 N–H and O–H groups in total. The maximum Gasteiger partial charge on any atom is 0.309 e. The minimum Gasteiger partial charge on any atom is -0.494 e. The average Bonchev–Trinajstić information content (AvgIpc) is 4.43. The molecule has 2 atom stereocenters. The Bertz CT molecular complexity index is 3640. The number of carboxylic acid groups (broad SMARTS) is 1. The van der Waals surface area contributed by atoms with Crippen molar-refractivity contribution in [2.24, 2.45) is 22.4 Å². The van der Waals surface area contributed by atoms with Gasteiger partial charge in [-0.15, -0.1) is 0 Å². The number of aliphatic carboxylic acids is 1. The minimum atomic E-state index is -1.36. The standard InChI is InChI=1S/C53H58N12O15S/c1-7-32-46(80-29(5)56-32)50(75)59-52-58-34-22-30(47(54)72)24-38(78-18-11-19-79-51(76)27(3)20-36(66)33(12-15-43(70)71)57-40(67)26-64-41(68)13-14-42(64)69)44(34)62(52)16-9-10-17-63-45-37(77-6)23-31(48(55)73)25-39(45)81-53(63)60-49(74)35-21-28(4)61-65(35)8-2/h9-10,13-14,21-25,27,33H,7-8,11-12,15-20,26H2,1-6H3,(H2,54,72)(H2,55,73)(H,57,67)(H,70,71)(H,58,59,75)/b10-9+,60-53?/t27-,33+/m1/s1. The lowest BCUT2D eigenvalue weighted by Crippen LogP contribution is -2.47.